The second kappa shape index (κ2) is 9.35. The van der Waals surface area contributed by atoms with Gasteiger partial charge in [-0.15, -0.1) is 11.3 Å². The van der Waals surface area contributed by atoms with Gasteiger partial charge < -0.3 is 19.9 Å². The minimum atomic E-state index is -4.25. The summed E-state index contributed by atoms with van der Waals surface area (Å²) in [6.45, 7) is 3.83. The van der Waals surface area contributed by atoms with Gasteiger partial charge in [-0.3, -0.25) is 4.79 Å². The maximum absolute atomic E-state index is 12.9. The van der Waals surface area contributed by atoms with E-state index in [4.69, 9.17) is 4.74 Å². The van der Waals surface area contributed by atoms with E-state index >= 15 is 0 Å². The van der Waals surface area contributed by atoms with E-state index in [9.17, 15) is 18.0 Å². The number of ether oxygens (including phenoxy) is 1. The molecule has 0 bridgehead atoms. The Balaban J connectivity index is 1.06. The SMILES string of the molecule is O=C(c1cnc(NC2CC3(CCN(c4ncnc5sc(CC(F)(F)F)cc45)C3)C2)nc1)N1CCOCC1. The third-order valence-corrected chi connectivity index (χ3v) is 8.40. The second-order valence-electron chi connectivity index (χ2n) is 10.0. The highest BCUT2D eigenvalue weighted by atomic mass is 32.1. The summed E-state index contributed by atoms with van der Waals surface area (Å²) in [5.41, 5.74) is 0.596. The van der Waals surface area contributed by atoms with Gasteiger partial charge >= 0.3 is 6.18 Å². The lowest BCUT2D eigenvalue weighted by atomic mass is 9.65. The number of carbonyl (C=O) groups excluding carboxylic acids is 1. The molecule has 2 aliphatic heterocycles. The standard InChI is InChI=1S/C24H26F3N7O2S/c25-24(26,27)10-17-7-18-19(30-14-31-20(18)37-17)34-2-1-23(13-34)8-16(9-23)32-22-28-11-15(12-29-22)21(35)33-3-5-36-6-4-33/h7,11-12,14,16H,1-6,8-10,13H2,(H,28,29,32). The van der Waals surface area contributed by atoms with E-state index in [1.54, 1.807) is 23.4 Å². The van der Waals surface area contributed by atoms with Crippen LogP contribution >= 0.6 is 11.3 Å². The van der Waals surface area contributed by atoms with Gasteiger partial charge in [-0.1, -0.05) is 0 Å². The van der Waals surface area contributed by atoms with Crippen molar-refractivity contribution in [1.82, 2.24) is 24.8 Å². The van der Waals surface area contributed by atoms with Crippen LogP contribution in [0.25, 0.3) is 10.2 Å². The van der Waals surface area contributed by atoms with E-state index in [0.29, 0.717) is 53.8 Å². The van der Waals surface area contributed by atoms with Gasteiger partial charge in [0.25, 0.3) is 5.91 Å². The fourth-order valence-electron chi connectivity index (χ4n) is 5.61. The number of thiophene rings is 1. The first kappa shape index (κ1) is 24.3. The zero-order chi connectivity index (χ0) is 25.6. The number of carbonyl (C=O) groups is 1. The third kappa shape index (κ3) is 5.06. The highest BCUT2D eigenvalue weighted by Gasteiger charge is 2.49. The number of hydrogen-bond acceptors (Lipinski definition) is 9. The number of alkyl halides is 3. The van der Waals surface area contributed by atoms with Crippen LogP contribution in [0.1, 0.15) is 34.5 Å². The van der Waals surface area contributed by atoms with E-state index in [2.05, 4.69) is 30.2 Å². The van der Waals surface area contributed by atoms with E-state index < -0.39 is 12.6 Å². The minimum Gasteiger partial charge on any atom is -0.378 e. The molecule has 3 aromatic rings. The Morgan fingerprint density at radius 2 is 1.89 bits per heavy atom. The number of amides is 1. The smallest absolute Gasteiger partial charge is 0.378 e. The Kier molecular flexibility index (Phi) is 6.14. The molecular weight excluding hydrogens is 507 g/mol. The molecule has 1 amide bonds. The Hall–Kier alpha value is -3.06. The van der Waals surface area contributed by atoms with Crippen LogP contribution in [0.3, 0.4) is 0 Å². The van der Waals surface area contributed by atoms with Crippen molar-refractivity contribution in [2.75, 3.05) is 49.6 Å². The summed E-state index contributed by atoms with van der Waals surface area (Å²) in [7, 11) is 0. The van der Waals surface area contributed by atoms with Gasteiger partial charge in [0.05, 0.1) is 30.6 Å². The first-order chi connectivity index (χ1) is 17.8. The summed E-state index contributed by atoms with van der Waals surface area (Å²) in [5.74, 6) is 1.13. The molecule has 0 radical (unpaired) electrons. The van der Waals surface area contributed by atoms with Crippen molar-refractivity contribution in [1.29, 1.82) is 0 Å². The summed E-state index contributed by atoms with van der Waals surface area (Å²) in [6.07, 6.45) is 2.24. The summed E-state index contributed by atoms with van der Waals surface area (Å²) in [5, 5.41) is 4.06. The number of morpholine rings is 1. The lowest BCUT2D eigenvalue weighted by Gasteiger charge is -2.45. The normalized spacial score (nSPS) is 24.0. The molecule has 5 heterocycles. The number of anilines is 2. The van der Waals surface area contributed by atoms with Crippen molar-refractivity contribution >= 4 is 39.2 Å². The van der Waals surface area contributed by atoms with E-state index in [1.807, 2.05) is 0 Å². The lowest BCUT2D eigenvalue weighted by Crippen LogP contribution is -2.47. The maximum Gasteiger partial charge on any atom is 0.393 e. The van der Waals surface area contributed by atoms with Crippen molar-refractivity contribution in [3.05, 3.63) is 35.2 Å². The second-order valence-corrected chi connectivity index (χ2v) is 11.2. The fraction of sp³-hybridized carbons (Fsp3) is 0.542. The monoisotopic (exact) mass is 533 g/mol. The first-order valence-electron chi connectivity index (χ1n) is 12.3. The van der Waals surface area contributed by atoms with Crippen molar-refractivity contribution < 1.29 is 22.7 Å². The predicted molar refractivity (Wildman–Crippen MR) is 132 cm³/mol. The molecule has 1 saturated carbocycles. The zero-order valence-electron chi connectivity index (χ0n) is 20.0. The molecule has 196 valence electrons. The molecule has 1 aliphatic carbocycles. The van der Waals surface area contributed by atoms with Crippen LogP contribution in [0.2, 0.25) is 0 Å². The van der Waals surface area contributed by atoms with Crippen molar-refractivity contribution in [3.63, 3.8) is 0 Å². The first-order valence-corrected chi connectivity index (χ1v) is 13.1. The number of fused-ring (bicyclic) bond motifs is 1. The average molecular weight is 534 g/mol. The molecule has 2 saturated heterocycles. The van der Waals surface area contributed by atoms with Crippen LogP contribution in [-0.4, -0.2) is 82.4 Å². The molecule has 13 heteroatoms. The Morgan fingerprint density at radius 3 is 2.62 bits per heavy atom. The Bertz CT molecular complexity index is 1290. The summed E-state index contributed by atoms with van der Waals surface area (Å²) < 4.78 is 43.9. The molecule has 1 N–H and O–H groups in total. The molecule has 1 spiro atoms. The van der Waals surface area contributed by atoms with Crippen LogP contribution in [0.5, 0.6) is 0 Å². The number of rotatable bonds is 5. The Labute approximate surface area is 215 Å². The number of aromatic nitrogens is 4. The third-order valence-electron chi connectivity index (χ3n) is 7.36. The average Bonchev–Trinajstić information content (AvgIpc) is 3.47. The lowest BCUT2D eigenvalue weighted by molar-refractivity contribution is -0.126. The molecule has 3 fully saturated rings. The molecule has 0 atom stereocenters. The molecule has 6 rings (SSSR count). The molecule has 3 aromatic heterocycles. The Morgan fingerprint density at radius 1 is 1.14 bits per heavy atom. The molecule has 0 aromatic carbocycles. The van der Waals surface area contributed by atoms with Crippen LogP contribution in [0.4, 0.5) is 24.9 Å². The topological polar surface area (TPSA) is 96.4 Å². The van der Waals surface area contributed by atoms with E-state index in [0.717, 1.165) is 43.7 Å². The largest absolute Gasteiger partial charge is 0.393 e. The van der Waals surface area contributed by atoms with Gasteiger partial charge in [-0.2, -0.15) is 13.2 Å². The van der Waals surface area contributed by atoms with Crippen LogP contribution in [-0.2, 0) is 11.2 Å². The van der Waals surface area contributed by atoms with Crippen LogP contribution < -0.4 is 10.2 Å². The van der Waals surface area contributed by atoms with Crippen LogP contribution in [0, 0.1) is 5.41 Å². The maximum atomic E-state index is 12.9. The van der Waals surface area contributed by atoms with Gasteiger partial charge in [0.1, 0.15) is 17.0 Å². The summed E-state index contributed by atoms with van der Waals surface area (Å²) >= 11 is 1.08. The quantitative estimate of drug-likeness (QED) is 0.532. The predicted octanol–water partition coefficient (Wildman–Crippen LogP) is 3.53. The van der Waals surface area contributed by atoms with Crippen LogP contribution in [0.15, 0.2) is 24.8 Å². The molecule has 9 nitrogen and oxygen atoms in total. The zero-order valence-corrected chi connectivity index (χ0v) is 20.8. The van der Waals surface area contributed by atoms with Gasteiger partial charge in [-0.25, -0.2) is 19.9 Å². The summed E-state index contributed by atoms with van der Waals surface area (Å²) in [4.78, 5) is 34.7. The highest BCUT2D eigenvalue weighted by Crippen LogP contribution is 2.50. The number of halogens is 3. The van der Waals surface area contributed by atoms with Crippen molar-refractivity contribution in [2.45, 2.75) is 37.9 Å². The van der Waals surface area contributed by atoms with Gasteiger partial charge in [0.15, 0.2) is 0 Å². The molecular formula is C24H26F3N7O2S. The fourth-order valence-corrected chi connectivity index (χ4v) is 6.63. The van der Waals surface area contributed by atoms with Gasteiger partial charge in [-0.05, 0) is 30.7 Å². The summed E-state index contributed by atoms with van der Waals surface area (Å²) in [6, 6.07) is 1.81. The van der Waals surface area contributed by atoms with Gasteiger partial charge in [0.2, 0.25) is 5.95 Å². The molecule has 0 unspecified atom stereocenters. The highest BCUT2D eigenvalue weighted by molar-refractivity contribution is 7.18. The number of nitrogens with one attached hydrogen (secondary N) is 1. The van der Waals surface area contributed by atoms with Gasteiger partial charge in [0, 0.05) is 49.5 Å². The van der Waals surface area contributed by atoms with E-state index in [1.165, 1.54) is 6.33 Å². The molecule has 3 aliphatic rings. The molecule has 37 heavy (non-hydrogen) atoms. The van der Waals surface area contributed by atoms with Crippen molar-refractivity contribution in [2.24, 2.45) is 5.41 Å². The van der Waals surface area contributed by atoms with E-state index in [-0.39, 0.29) is 22.2 Å². The number of nitrogens with zero attached hydrogens (tertiary/aromatic N) is 6. The van der Waals surface area contributed by atoms with Crippen molar-refractivity contribution in [3.8, 4) is 0 Å². The number of hydrogen-bond donors (Lipinski definition) is 1. The minimum absolute atomic E-state index is 0.0847.